The van der Waals surface area contributed by atoms with Gasteiger partial charge in [-0.15, -0.1) is 0 Å². The Morgan fingerprint density at radius 2 is 1.95 bits per heavy atom. The molecule has 0 spiro atoms. The predicted molar refractivity (Wildman–Crippen MR) is 78.6 cm³/mol. The van der Waals surface area contributed by atoms with E-state index in [4.69, 9.17) is 11.6 Å². The monoisotopic (exact) mass is 291 g/mol. The van der Waals surface area contributed by atoms with Crippen LogP contribution in [-0.2, 0) is 9.59 Å². The first-order chi connectivity index (χ1) is 9.29. The summed E-state index contributed by atoms with van der Waals surface area (Å²) in [4.78, 5) is 27.0. The molecule has 1 aliphatic heterocycles. The van der Waals surface area contributed by atoms with E-state index in [0.717, 1.165) is 12.8 Å². The second kappa shape index (κ2) is 4.08. The van der Waals surface area contributed by atoms with Crippen molar-refractivity contribution in [3.8, 4) is 0 Å². The quantitative estimate of drug-likeness (QED) is 0.741. The smallest absolute Gasteiger partial charge is 0.240 e. The molecule has 1 aliphatic carbocycles. The third-order valence-corrected chi connectivity index (χ3v) is 5.72. The van der Waals surface area contributed by atoms with Crippen LogP contribution < -0.4 is 4.90 Å². The number of halogens is 1. The first-order valence-corrected chi connectivity index (χ1v) is 7.31. The lowest BCUT2D eigenvalue weighted by Gasteiger charge is -2.47. The van der Waals surface area contributed by atoms with Crippen molar-refractivity contribution < 1.29 is 9.59 Å². The Hall–Kier alpha value is -1.35. The Morgan fingerprint density at radius 1 is 1.25 bits per heavy atom. The van der Waals surface area contributed by atoms with Crippen molar-refractivity contribution in [1.29, 1.82) is 0 Å². The fourth-order valence-electron chi connectivity index (χ4n) is 3.68. The van der Waals surface area contributed by atoms with Gasteiger partial charge in [0, 0.05) is 10.9 Å². The van der Waals surface area contributed by atoms with Gasteiger partial charge in [-0.25, -0.2) is 4.90 Å². The maximum absolute atomic E-state index is 12.9. The minimum absolute atomic E-state index is 0.0859. The molecule has 106 valence electrons. The van der Waals surface area contributed by atoms with E-state index in [0.29, 0.717) is 10.7 Å². The normalized spacial score (nSPS) is 31.8. The summed E-state index contributed by atoms with van der Waals surface area (Å²) in [6.45, 7) is 6.06. The van der Waals surface area contributed by atoms with Gasteiger partial charge in [0.1, 0.15) is 0 Å². The number of carbonyl (C=O) groups is 2. The molecular weight excluding hydrogens is 274 g/mol. The molecule has 1 aromatic carbocycles. The molecule has 2 bridgehead atoms. The van der Waals surface area contributed by atoms with Gasteiger partial charge < -0.3 is 0 Å². The van der Waals surface area contributed by atoms with Crippen molar-refractivity contribution >= 4 is 29.1 Å². The zero-order chi connectivity index (χ0) is 14.7. The highest BCUT2D eigenvalue weighted by Gasteiger charge is 2.64. The lowest BCUT2D eigenvalue weighted by Crippen LogP contribution is -2.59. The summed E-state index contributed by atoms with van der Waals surface area (Å²) >= 11 is 5.99. The molecule has 3 nitrogen and oxygen atoms in total. The molecule has 2 amide bonds. The van der Waals surface area contributed by atoms with E-state index >= 15 is 0 Å². The van der Waals surface area contributed by atoms with Crippen molar-refractivity contribution in [3.63, 3.8) is 0 Å². The standard InChI is InChI=1S/C16H18ClNO2/c1-15(2)12-7-8-16(15,3)14(20)18(13(12)19)11-6-4-5-10(17)9-11/h4-6,9,12H,7-8H2,1-3H3/t12-,16-/m1/s1. The number of hydrogen-bond acceptors (Lipinski definition) is 2. The number of piperidine rings is 1. The van der Waals surface area contributed by atoms with Gasteiger partial charge in [-0.2, -0.15) is 0 Å². The first kappa shape index (κ1) is 13.6. The first-order valence-electron chi connectivity index (χ1n) is 6.93. The third-order valence-electron chi connectivity index (χ3n) is 5.49. The van der Waals surface area contributed by atoms with E-state index in [1.54, 1.807) is 24.3 Å². The van der Waals surface area contributed by atoms with Crippen LogP contribution in [0.4, 0.5) is 5.69 Å². The summed E-state index contributed by atoms with van der Waals surface area (Å²) in [5, 5.41) is 0.533. The summed E-state index contributed by atoms with van der Waals surface area (Å²) in [5.41, 5.74) is -0.175. The van der Waals surface area contributed by atoms with Crippen molar-refractivity contribution in [2.75, 3.05) is 4.90 Å². The molecule has 2 fully saturated rings. The van der Waals surface area contributed by atoms with Gasteiger partial charge in [0.15, 0.2) is 0 Å². The molecule has 0 aromatic heterocycles. The Balaban J connectivity index is 2.12. The van der Waals surface area contributed by atoms with Crippen LogP contribution in [0.15, 0.2) is 24.3 Å². The van der Waals surface area contributed by atoms with Gasteiger partial charge >= 0.3 is 0 Å². The van der Waals surface area contributed by atoms with Crippen molar-refractivity contribution in [3.05, 3.63) is 29.3 Å². The molecule has 0 unspecified atom stereocenters. The highest BCUT2D eigenvalue weighted by molar-refractivity contribution is 6.31. The highest BCUT2D eigenvalue weighted by atomic mass is 35.5. The predicted octanol–water partition coefficient (Wildman–Crippen LogP) is 3.66. The minimum atomic E-state index is -0.478. The van der Waals surface area contributed by atoms with Gasteiger partial charge in [-0.1, -0.05) is 38.4 Å². The van der Waals surface area contributed by atoms with Crippen molar-refractivity contribution in [1.82, 2.24) is 0 Å². The summed E-state index contributed by atoms with van der Waals surface area (Å²) in [7, 11) is 0. The van der Waals surface area contributed by atoms with E-state index in [1.807, 2.05) is 20.8 Å². The number of fused-ring (bicyclic) bond motifs is 2. The van der Waals surface area contributed by atoms with Gasteiger partial charge in [0.2, 0.25) is 11.8 Å². The van der Waals surface area contributed by atoms with Crippen LogP contribution in [0.2, 0.25) is 5.02 Å². The molecule has 0 radical (unpaired) electrons. The Labute approximate surface area is 123 Å². The van der Waals surface area contributed by atoms with E-state index in [1.165, 1.54) is 4.90 Å². The number of imide groups is 1. The van der Waals surface area contributed by atoms with Gasteiger partial charge in [-0.05, 0) is 36.5 Å². The zero-order valence-electron chi connectivity index (χ0n) is 11.9. The molecule has 1 aromatic rings. The van der Waals surface area contributed by atoms with E-state index < -0.39 is 5.41 Å². The van der Waals surface area contributed by atoms with Crippen LogP contribution in [0.25, 0.3) is 0 Å². The lowest BCUT2D eigenvalue weighted by molar-refractivity contribution is -0.146. The largest absolute Gasteiger partial charge is 0.274 e. The molecule has 1 saturated carbocycles. The average Bonchev–Trinajstić information content (AvgIpc) is 2.54. The molecule has 3 rings (SSSR count). The van der Waals surface area contributed by atoms with E-state index in [-0.39, 0.29) is 23.1 Å². The van der Waals surface area contributed by atoms with Gasteiger partial charge in [0.25, 0.3) is 0 Å². The second-order valence-electron chi connectivity index (χ2n) is 6.60. The number of anilines is 1. The Morgan fingerprint density at radius 3 is 2.60 bits per heavy atom. The summed E-state index contributed by atoms with van der Waals surface area (Å²) < 4.78 is 0. The highest BCUT2D eigenvalue weighted by Crippen LogP contribution is 2.60. The van der Waals surface area contributed by atoms with Crippen LogP contribution in [-0.4, -0.2) is 11.8 Å². The molecule has 0 N–H and O–H groups in total. The average molecular weight is 292 g/mol. The number of amides is 2. The van der Waals surface area contributed by atoms with Crippen LogP contribution in [0.5, 0.6) is 0 Å². The molecular formula is C16H18ClNO2. The van der Waals surface area contributed by atoms with Crippen LogP contribution >= 0.6 is 11.6 Å². The van der Waals surface area contributed by atoms with Crippen molar-refractivity contribution in [2.45, 2.75) is 33.6 Å². The number of nitrogens with zero attached hydrogens (tertiary/aromatic N) is 1. The van der Waals surface area contributed by atoms with Crippen LogP contribution in [0.3, 0.4) is 0 Å². The fraction of sp³-hybridized carbons (Fsp3) is 0.500. The number of benzene rings is 1. The van der Waals surface area contributed by atoms with Gasteiger partial charge in [0.05, 0.1) is 11.1 Å². The third kappa shape index (κ3) is 1.53. The number of hydrogen-bond donors (Lipinski definition) is 0. The van der Waals surface area contributed by atoms with Crippen LogP contribution in [0.1, 0.15) is 33.6 Å². The number of carbonyl (C=O) groups excluding carboxylic acids is 2. The summed E-state index contributed by atoms with van der Waals surface area (Å²) in [6.07, 6.45) is 1.55. The Kier molecular flexibility index (Phi) is 2.78. The van der Waals surface area contributed by atoms with Crippen molar-refractivity contribution in [2.24, 2.45) is 16.7 Å². The van der Waals surface area contributed by atoms with E-state index in [2.05, 4.69) is 0 Å². The van der Waals surface area contributed by atoms with Crippen LogP contribution in [0, 0.1) is 16.7 Å². The maximum atomic E-state index is 12.9. The zero-order valence-corrected chi connectivity index (χ0v) is 12.7. The fourth-order valence-corrected chi connectivity index (χ4v) is 3.86. The molecule has 2 aliphatic rings. The maximum Gasteiger partial charge on any atom is 0.240 e. The Bertz CT molecular complexity index is 610. The topological polar surface area (TPSA) is 37.4 Å². The molecule has 20 heavy (non-hydrogen) atoms. The van der Waals surface area contributed by atoms with Gasteiger partial charge in [-0.3, -0.25) is 9.59 Å². The SMILES string of the molecule is CC1(C)[C@@H]2CC[C@]1(C)C(=O)N(c1cccc(Cl)c1)C2=O. The summed E-state index contributed by atoms with van der Waals surface area (Å²) in [5.74, 6) is -0.273. The molecule has 1 heterocycles. The summed E-state index contributed by atoms with van der Waals surface area (Å²) in [6, 6.07) is 6.95. The minimum Gasteiger partial charge on any atom is -0.274 e. The molecule has 1 saturated heterocycles. The van der Waals surface area contributed by atoms with E-state index in [9.17, 15) is 9.59 Å². The lowest BCUT2D eigenvalue weighted by atomic mass is 9.62. The molecule has 2 atom stereocenters. The second-order valence-corrected chi connectivity index (χ2v) is 7.04. The molecule has 4 heteroatoms. The number of rotatable bonds is 1.